The fourth-order valence-electron chi connectivity index (χ4n) is 1.08. The van der Waals surface area contributed by atoms with Gasteiger partial charge in [-0.3, -0.25) is 4.90 Å². The molecule has 13 heavy (non-hydrogen) atoms. The zero-order chi connectivity index (χ0) is 9.84. The Bertz CT molecular complexity index is 265. The molecule has 0 aromatic carbocycles. The van der Waals surface area contributed by atoms with E-state index in [1.807, 2.05) is 14.0 Å². The molecule has 0 aliphatic heterocycles. The van der Waals surface area contributed by atoms with Crippen LogP contribution in [0, 0.1) is 6.92 Å². The minimum absolute atomic E-state index is 0.548. The van der Waals surface area contributed by atoms with Crippen LogP contribution in [0.2, 0.25) is 0 Å². The number of nitrogens with two attached hydrogens (primary N) is 1. The third-order valence-electron chi connectivity index (χ3n) is 1.87. The van der Waals surface area contributed by atoms with Crippen LogP contribution in [0.1, 0.15) is 18.4 Å². The minimum atomic E-state index is 0.548. The molecule has 0 atom stereocenters. The third-order valence-corrected chi connectivity index (χ3v) is 1.87. The van der Waals surface area contributed by atoms with Gasteiger partial charge in [-0.15, -0.1) is 0 Å². The lowest BCUT2D eigenvalue weighted by Gasteiger charge is -2.12. The molecular weight excluding hydrogens is 164 g/mol. The Balaban J connectivity index is 2.77. The molecule has 2 N–H and O–H groups in total. The lowest BCUT2D eigenvalue weighted by molar-refractivity contribution is 0.336. The number of nitrogens with zero attached hydrogens (tertiary/aromatic N) is 3. The quantitative estimate of drug-likeness (QED) is 0.748. The van der Waals surface area contributed by atoms with Crippen molar-refractivity contribution in [1.29, 1.82) is 0 Å². The van der Waals surface area contributed by atoms with Gasteiger partial charge in [-0.25, -0.2) is 9.97 Å². The van der Waals surface area contributed by atoms with Crippen molar-refractivity contribution in [2.75, 3.05) is 19.3 Å². The standard InChI is InChI=1S/C9H16N4/c1-4-13(3)6-9-11-7(2)5-8(10)12-9/h5H,4,6H2,1-3H3,(H2,10,11,12). The van der Waals surface area contributed by atoms with Crippen molar-refractivity contribution in [3.63, 3.8) is 0 Å². The normalized spacial score (nSPS) is 10.8. The summed E-state index contributed by atoms with van der Waals surface area (Å²) in [5.74, 6) is 1.34. The second-order valence-corrected chi connectivity index (χ2v) is 3.18. The summed E-state index contributed by atoms with van der Waals surface area (Å²) in [7, 11) is 2.03. The van der Waals surface area contributed by atoms with E-state index in [2.05, 4.69) is 21.8 Å². The van der Waals surface area contributed by atoms with Gasteiger partial charge in [0.25, 0.3) is 0 Å². The van der Waals surface area contributed by atoms with E-state index in [0.29, 0.717) is 5.82 Å². The maximum absolute atomic E-state index is 5.61. The highest BCUT2D eigenvalue weighted by atomic mass is 15.1. The SMILES string of the molecule is CCN(C)Cc1nc(C)cc(N)n1. The first-order chi connectivity index (χ1) is 6.11. The highest BCUT2D eigenvalue weighted by Gasteiger charge is 2.02. The zero-order valence-electron chi connectivity index (χ0n) is 8.41. The van der Waals surface area contributed by atoms with Crippen LogP contribution in [-0.2, 0) is 6.54 Å². The lowest BCUT2D eigenvalue weighted by atomic mass is 10.4. The molecular formula is C9H16N4. The first-order valence-corrected chi connectivity index (χ1v) is 4.40. The molecule has 0 aliphatic rings. The summed E-state index contributed by atoms with van der Waals surface area (Å²) in [5.41, 5.74) is 6.53. The van der Waals surface area contributed by atoms with Gasteiger partial charge in [0.2, 0.25) is 0 Å². The zero-order valence-corrected chi connectivity index (χ0v) is 8.41. The first-order valence-electron chi connectivity index (χ1n) is 4.40. The van der Waals surface area contributed by atoms with Crippen LogP contribution in [0.4, 0.5) is 5.82 Å². The molecule has 0 saturated heterocycles. The Kier molecular flexibility index (Phi) is 3.19. The number of anilines is 1. The summed E-state index contributed by atoms with van der Waals surface area (Å²) in [6.07, 6.45) is 0. The highest BCUT2D eigenvalue weighted by Crippen LogP contribution is 2.03. The van der Waals surface area contributed by atoms with Crippen LogP contribution in [0.25, 0.3) is 0 Å². The Morgan fingerprint density at radius 1 is 1.46 bits per heavy atom. The van der Waals surface area contributed by atoms with E-state index in [1.165, 1.54) is 0 Å². The topological polar surface area (TPSA) is 55.0 Å². The van der Waals surface area contributed by atoms with Crippen molar-refractivity contribution in [2.24, 2.45) is 0 Å². The summed E-state index contributed by atoms with van der Waals surface area (Å²) in [4.78, 5) is 10.6. The molecule has 1 aromatic heterocycles. The lowest BCUT2D eigenvalue weighted by Crippen LogP contribution is -2.19. The van der Waals surface area contributed by atoms with Crippen molar-refractivity contribution in [3.8, 4) is 0 Å². The van der Waals surface area contributed by atoms with E-state index in [9.17, 15) is 0 Å². The van der Waals surface area contributed by atoms with E-state index >= 15 is 0 Å². The molecule has 1 aromatic rings. The van der Waals surface area contributed by atoms with Crippen LogP contribution in [0.3, 0.4) is 0 Å². The fraction of sp³-hybridized carbons (Fsp3) is 0.556. The second kappa shape index (κ2) is 4.18. The molecule has 0 fully saturated rings. The molecule has 4 heteroatoms. The van der Waals surface area contributed by atoms with Gasteiger partial charge in [-0.05, 0) is 20.5 Å². The average molecular weight is 180 g/mol. The number of hydrogen-bond donors (Lipinski definition) is 1. The van der Waals surface area contributed by atoms with Gasteiger partial charge >= 0.3 is 0 Å². The predicted octanol–water partition coefficient (Wildman–Crippen LogP) is 0.819. The molecule has 1 rings (SSSR count). The van der Waals surface area contributed by atoms with Crippen LogP contribution < -0.4 is 5.73 Å². The molecule has 0 amide bonds. The molecule has 0 radical (unpaired) electrons. The Morgan fingerprint density at radius 3 is 2.69 bits per heavy atom. The van der Waals surface area contributed by atoms with Crippen molar-refractivity contribution < 1.29 is 0 Å². The Hall–Kier alpha value is -1.16. The average Bonchev–Trinajstić information content (AvgIpc) is 2.02. The highest BCUT2D eigenvalue weighted by molar-refractivity contribution is 5.29. The first kappa shape index (κ1) is 9.92. The van der Waals surface area contributed by atoms with E-state index < -0.39 is 0 Å². The number of hydrogen-bond acceptors (Lipinski definition) is 4. The van der Waals surface area contributed by atoms with Crippen LogP contribution in [-0.4, -0.2) is 28.5 Å². The number of aryl methyl sites for hydroxylation is 1. The van der Waals surface area contributed by atoms with Crippen molar-refractivity contribution in [3.05, 3.63) is 17.6 Å². The van der Waals surface area contributed by atoms with E-state index in [1.54, 1.807) is 6.07 Å². The van der Waals surface area contributed by atoms with E-state index in [-0.39, 0.29) is 0 Å². The van der Waals surface area contributed by atoms with Crippen LogP contribution in [0.5, 0.6) is 0 Å². The van der Waals surface area contributed by atoms with Crippen LogP contribution in [0.15, 0.2) is 6.07 Å². The number of nitrogen functional groups attached to an aromatic ring is 1. The molecule has 72 valence electrons. The summed E-state index contributed by atoms with van der Waals surface area (Å²) in [6, 6.07) is 1.77. The van der Waals surface area contributed by atoms with Gasteiger partial charge in [0.1, 0.15) is 11.6 Å². The molecule has 1 heterocycles. The maximum atomic E-state index is 5.61. The summed E-state index contributed by atoms with van der Waals surface area (Å²) in [6.45, 7) is 5.76. The van der Waals surface area contributed by atoms with E-state index in [0.717, 1.165) is 24.6 Å². The molecule has 0 unspecified atom stereocenters. The third kappa shape index (κ3) is 2.99. The monoisotopic (exact) mass is 180 g/mol. The Morgan fingerprint density at radius 2 is 2.15 bits per heavy atom. The Labute approximate surface area is 78.8 Å². The number of aromatic nitrogens is 2. The van der Waals surface area contributed by atoms with E-state index in [4.69, 9.17) is 5.73 Å². The van der Waals surface area contributed by atoms with Gasteiger partial charge in [0, 0.05) is 11.8 Å². The van der Waals surface area contributed by atoms with Gasteiger partial charge < -0.3 is 5.73 Å². The van der Waals surface area contributed by atoms with Gasteiger partial charge in [0.15, 0.2) is 0 Å². The van der Waals surface area contributed by atoms with Gasteiger partial charge in [-0.1, -0.05) is 6.92 Å². The molecule has 4 nitrogen and oxygen atoms in total. The molecule has 0 saturated carbocycles. The minimum Gasteiger partial charge on any atom is -0.384 e. The smallest absolute Gasteiger partial charge is 0.144 e. The van der Waals surface area contributed by atoms with Gasteiger partial charge in [-0.2, -0.15) is 0 Å². The fourth-order valence-corrected chi connectivity index (χ4v) is 1.08. The van der Waals surface area contributed by atoms with Crippen LogP contribution >= 0.6 is 0 Å². The van der Waals surface area contributed by atoms with Crippen molar-refractivity contribution in [2.45, 2.75) is 20.4 Å². The summed E-state index contributed by atoms with van der Waals surface area (Å²) < 4.78 is 0. The van der Waals surface area contributed by atoms with Crippen molar-refractivity contribution in [1.82, 2.24) is 14.9 Å². The molecule has 0 bridgehead atoms. The maximum Gasteiger partial charge on any atom is 0.144 e. The van der Waals surface area contributed by atoms with Crippen molar-refractivity contribution >= 4 is 5.82 Å². The summed E-state index contributed by atoms with van der Waals surface area (Å²) in [5, 5.41) is 0. The predicted molar refractivity (Wildman–Crippen MR) is 53.2 cm³/mol. The largest absolute Gasteiger partial charge is 0.384 e. The second-order valence-electron chi connectivity index (χ2n) is 3.18. The molecule has 0 spiro atoms. The summed E-state index contributed by atoms with van der Waals surface area (Å²) >= 11 is 0. The van der Waals surface area contributed by atoms with Gasteiger partial charge in [0.05, 0.1) is 6.54 Å². The molecule has 0 aliphatic carbocycles. The number of rotatable bonds is 3.